The molecule has 0 bridgehead atoms. The first-order valence-corrected chi connectivity index (χ1v) is 6.81. The second-order valence-electron chi connectivity index (χ2n) is 5.06. The molecule has 20 heavy (non-hydrogen) atoms. The van der Waals surface area contributed by atoms with Crippen molar-refractivity contribution in [3.05, 3.63) is 72.5 Å². The van der Waals surface area contributed by atoms with Crippen LogP contribution in [0.5, 0.6) is 0 Å². The smallest absolute Gasteiger partial charge is 0.142 e. The minimum absolute atomic E-state index is 0.975. The monoisotopic (exact) mass is 258 g/mol. The number of fused-ring (bicyclic) bond motifs is 3. The lowest BCUT2D eigenvalue weighted by molar-refractivity contribution is 0.583. The molecule has 4 aromatic rings. The Morgan fingerprint density at radius 3 is 2.30 bits per heavy atom. The number of hydrogen-bond acceptors (Lipinski definition) is 1. The van der Waals surface area contributed by atoms with Crippen molar-refractivity contribution in [3.8, 4) is 11.1 Å². The molecule has 3 aromatic carbocycles. The van der Waals surface area contributed by atoms with E-state index in [1.807, 2.05) is 13.0 Å². The highest BCUT2D eigenvalue weighted by atomic mass is 16.3. The van der Waals surface area contributed by atoms with Crippen LogP contribution < -0.4 is 0 Å². The first-order valence-electron chi connectivity index (χ1n) is 6.81. The predicted molar refractivity (Wildman–Crippen MR) is 83.9 cm³/mol. The first-order chi connectivity index (χ1) is 9.84. The van der Waals surface area contributed by atoms with Gasteiger partial charge >= 0.3 is 0 Å². The molecule has 1 aromatic heterocycles. The lowest BCUT2D eigenvalue weighted by Gasteiger charge is -2.01. The summed E-state index contributed by atoms with van der Waals surface area (Å²) in [6.45, 7) is 2.04. The topological polar surface area (TPSA) is 13.1 Å². The molecule has 0 saturated heterocycles. The SMILES string of the molecule is Cc1oc2c(ccc3ccccc32)c1-c1ccccc1. The van der Waals surface area contributed by atoms with Gasteiger partial charge in [0.15, 0.2) is 0 Å². The zero-order chi connectivity index (χ0) is 13.5. The summed E-state index contributed by atoms with van der Waals surface area (Å²) in [7, 11) is 0. The van der Waals surface area contributed by atoms with Crippen LogP contribution in [-0.2, 0) is 0 Å². The van der Waals surface area contributed by atoms with E-state index in [4.69, 9.17) is 4.42 Å². The molecule has 0 radical (unpaired) electrons. The quantitative estimate of drug-likeness (QED) is 0.435. The third-order valence-corrected chi connectivity index (χ3v) is 3.82. The maximum absolute atomic E-state index is 6.07. The van der Waals surface area contributed by atoms with Crippen molar-refractivity contribution >= 4 is 21.7 Å². The highest BCUT2D eigenvalue weighted by Gasteiger charge is 2.14. The molecule has 0 unspecified atom stereocenters. The van der Waals surface area contributed by atoms with Gasteiger partial charge in [0.1, 0.15) is 11.3 Å². The standard InChI is InChI=1S/C19H14O/c1-13-18(15-8-3-2-4-9-15)17-12-11-14-7-5-6-10-16(14)19(17)20-13/h2-12H,1H3. The van der Waals surface area contributed by atoms with Crippen LogP contribution in [0.25, 0.3) is 32.9 Å². The Hall–Kier alpha value is -2.54. The maximum Gasteiger partial charge on any atom is 0.142 e. The lowest BCUT2D eigenvalue weighted by atomic mass is 10.00. The maximum atomic E-state index is 6.07. The Balaban J connectivity index is 2.13. The van der Waals surface area contributed by atoms with Crippen LogP contribution in [0.1, 0.15) is 5.76 Å². The summed E-state index contributed by atoms with van der Waals surface area (Å²) in [5.74, 6) is 0.975. The Labute approximate surface area is 117 Å². The zero-order valence-electron chi connectivity index (χ0n) is 11.3. The number of hydrogen-bond donors (Lipinski definition) is 0. The molecular formula is C19H14O. The Morgan fingerprint density at radius 2 is 1.45 bits per heavy atom. The van der Waals surface area contributed by atoms with E-state index in [1.165, 1.54) is 27.3 Å². The normalized spacial score (nSPS) is 11.2. The van der Waals surface area contributed by atoms with Gasteiger partial charge in [0, 0.05) is 16.3 Å². The van der Waals surface area contributed by atoms with E-state index in [1.54, 1.807) is 0 Å². The Kier molecular flexibility index (Phi) is 2.40. The van der Waals surface area contributed by atoms with Crippen molar-refractivity contribution in [2.45, 2.75) is 6.92 Å². The van der Waals surface area contributed by atoms with Crippen LogP contribution in [0.4, 0.5) is 0 Å². The van der Waals surface area contributed by atoms with Gasteiger partial charge in [0.25, 0.3) is 0 Å². The van der Waals surface area contributed by atoms with E-state index in [0.717, 1.165) is 11.3 Å². The van der Waals surface area contributed by atoms with Crippen LogP contribution in [0, 0.1) is 6.92 Å². The van der Waals surface area contributed by atoms with Gasteiger partial charge in [-0.1, -0.05) is 60.7 Å². The molecule has 0 amide bonds. The summed E-state index contributed by atoms with van der Waals surface area (Å²) in [5.41, 5.74) is 3.39. The van der Waals surface area contributed by atoms with Gasteiger partial charge in [0.05, 0.1) is 0 Å². The van der Waals surface area contributed by atoms with Crippen molar-refractivity contribution in [1.82, 2.24) is 0 Å². The van der Waals surface area contributed by atoms with Gasteiger partial charge < -0.3 is 4.42 Å². The molecular weight excluding hydrogens is 244 g/mol. The van der Waals surface area contributed by atoms with Crippen molar-refractivity contribution in [2.24, 2.45) is 0 Å². The molecule has 4 rings (SSSR count). The van der Waals surface area contributed by atoms with E-state index in [0.29, 0.717) is 0 Å². The van der Waals surface area contributed by atoms with E-state index >= 15 is 0 Å². The molecule has 1 nitrogen and oxygen atoms in total. The average Bonchev–Trinajstić information content (AvgIpc) is 2.84. The predicted octanol–water partition coefficient (Wildman–Crippen LogP) is 5.56. The Morgan fingerprint density at radius 1 is 0.700 bits per heavy atom. The number of rotatable bonds is 1. The molecule has 0 atom stereocenters. The highest BCUT2D eigenvalue weighted by molar-refractivity contribution is 6.09. The number of aryl methyl sites for hydroxylation is 1. The van der Waals surface area contributed by atoms with E-state index < -0.39 is 0 Å². The molecule has 0 saturated carbocycles. The molecule has 96 valence electrons. The molecule has 0 fully saturated rings. The van der Waals surface area contributed by atoms with Gasteiger partial charge in [-0.3, -0.25) is 0 Å². The van der Waals surface area contributed by atoms with Crippen LogP contribution in [0.3, 0.4) is 0 Å². The minimum atomic E-state index is 0.975. The Bertz CT molecular complexity index is 901. The molecule has 1 heteroatoms. The lowest BCUT2D eigenvalue weighted by Crippen LogP contribution is -1.78. The summed E-state index contributed by atoms with van der Waals surface area (Å²) in [6, 6.07) is 23.1. The summed E-state index contributed by atoms with van der Waals surface area (Å²) in [5, 5.41) is 3.58. The zero-order valence-corrected chi connectivity index (χ0v) is 11.3. The van der Waals surface area contributed by atoms with Gasteiger partial charge in [-0.15, -0.1) is 0 Å². The van der Waals surface area contributed by atoms with E-state index in [9.17, 15) is 0 Å². The van der Waals surface area contributed by atoms with Gasteiger partial charge in [-0.2, -0.15) is 0 Å². The molecule has 0 spiro atoms. The second kappa shape index (κ2) is 4.24. The summed E-state index contributed by atoms with van der Waals surface area (Å²) >= 11 is 0. The fraction of sp³-hybridized carbons (Fsp3) is 0.0526. The summed E-state index contributed by atoms with van der Waals surface area (Å²) < 4.78 is 6.07. The third kappa shape index (κ3) is 1.56. The summed E-state index contributed by atoms with van der Waals surface area (Å²) in [4.78, 5) is 0. The minimum Gasteiger partial charge on any atom is -0.460 e. The largest absolute Gasteiger partial charge is 0.460 e. The van der Waals surface area contributed by atoms with Crippen LogP contribution in [0.2, 0.25) is 0 Å². The fourth-order valence-corrected chi connectivity index (χ4v) is 2.91. The second-order valence-corrected chi connectivity index (χ2v) is 5.06. The van der Waals surface area contributed by atoms with Crippen molar-refractivity contribution in [1.29, 1.82) is 0 Å². The van der Waals surface area contributed by atoms with Crippen LogP contribution in [0.15, 0.2) is 71.1 Å². The number of benzene rings is 3. The molecule has 0 aliphatic rings. The van der Waals surface area contributed by atoms with Gasteiger partial charge in [-0.25, -0.2) is 0 Å². The third-order valence-electron chi connectivity index (χ3n) is 3.82. The molecule has 1 heterocycles. The van der Waals surface area contributed by atoms with Crippen molar-refractivity contribution in [2.75, 3.05) is 0 Å². The van der Waals surface area contributed by atoms with Crippen molar-refractivity contribution < 1.29 is 4.42 Å². The average molecular weight is 258 g/mol. The van der Waals surface area contributed by atoms with E-state index in [2.05, 4.69) is 60.7 Å². The van der Waals surface area contributed by atoms with Crippen LogP contribution >= 0.6 is 0 Å². The van der Waals surface area contributed by atoms with Gasteiger partial charge in [0.2, 0.25) is 0 Å². The fourth-order valence-electron chi connectivity index (χ4n) is 2.91. The number of furan rings is 1. The van der Waals surface area contributed by atoms with E-state index in [-0.39, 0.29) is 0 Å². The highest BCUT2D eigenvalue weighted by Crippen LogP contribution is 2.37. The summed E-state index contributed by atoms with van der Waals surface area (Å²) in [6.07, 6.45) is 0. The van der Waals surface area contributed by atoms with Gasteiger partial charge in [-0.05, 0) is 23.9 Å². The molecule has 0 aliphatic heterocycles. The molecule has 0 N–H and O–H groups in total. The van der Waals surface area contributed by atoms with Crippen molar-refractivity contribution in [3.63, 3.8) is 0 Å². The van der Waals surface area contributed by atoms with Crippen LogP contribution in [-0.4, -0.2) is 0 Å². The first kappa shape index (κ1) is 11.3. The molecule has 0 aliphatic carbocycles.